The molecule has 2 N–H and O–H groups in total. The number of nitrogens with two attached hydrogens (primary N) is 1. The molecule has 0 fully saturated rings. The minimum atomic E-state index is -2.76. The van der Waals surface area contributed by atoms with E-state index in [2.05, 4.69) is 9.72 Å². The second kappa shape index (κ2) is 5.42. The number of nitrogens with zero attached hydrogens (tertiary/aromatic N) is 1. The summed E-state index contributed by atoms with van der Waals surface area (Å²) in [6, 6.07) is 1.04. The van der Waals surface area contributed by atoms with Gasteiger partial charge in [0.1, 0.15) is 11.4 Å². The first-order chi connectivity index (χ1) is 7.99. The van der Waals surface area contributed by atoms with Gasteiger partial charge in [0.15, 0.2) is 0 Å². The van der Waals surface area contributed by atoms with Crippen LogP contribution < -0.4 is 10.5 Å². The van der Waals surface area contributed by atoms with Crippen LogP contribution in [0.15, 0.2) is 6.07 Å². The Morgan fingerprint density at radius 2 is 2.18 bits per heavy atom. The Bertz CT molecular complexity index is 424. The van der Waals surface area contributed by atoms with E-state index in [0.29, 0.717) is 0 Å². The fourth-order valence-corrected chi connectivity index (χ4v) is 1.23. The summed E-state index contributed by atoms with van der Waals surface area (Å²) in [7, 11) is 2.48. The van der Waals surface area contributed by atoms with E-state index in [0.717, 1.165) is 6.07 Å². The fraction of sp³-hybridized carbons (Fsp3) is 0.400. The van der Waals surface area contributed by atoms with Crippen molar-refractivity contribution in [2.24, 2.45) is 0 Å². The molecule has 1 rings (SSSR count). The van der Waals surface area contributed by atoms with E-state index >= 15 is 0 Å². The van der Waals surface area contributed by atoms with E-state index in [1.165, 1.54) is 14.2 Å². The van der Waals surface area contributed by atoms with Crippen LogP contribution in [0.1, 0.15) is 17.8 Å². The molecule has 0 saturated heterocycles. The molecule has 0 aliphatic heterocycles. The minimum absolute atomic E-state index is 0.0199. The number of nitrogen functional groups attached to an aromatic ring is 1. The van der Waals surface area contributed by atoms with Crippen molar-refractivity contribution >= 4 is 11.7 Å². The lowest BCUT2D eigenvalue weighted by atomic mass is 10.2. The third-order valence-corrected chi connectivity index (χ3v) is 2.10. The number of hydrogen-bond acceptors (Lipinski definition) is 5. The van der Waals surface area contributed by atoms with Crippen molar-refractivity contribution in [3.8, 4) is 5.75 Å². The molecule has 5 nitrogen and oxygen atoms in total. The molecule has 0 spiro atoms. The van der Waals surface area contributed by atoms with Crippen molar-refractivity contribution in [1.82, 2.24) is 4.98 Å². The van der Waals surface area contributed by atoms with E-state index in [1.54, 1.807) is 0 Å². The highest BCUT2D eigenvalue weighted by molar-refractivity contribution is 5.75. The van der Waals surface area contributed by atoms with Crippen molar-refractivity contribution < 1.29 is 23.0 Å². The lowest BCUT2D eigenvalue weighted by Gasteiger charge is -2.11. The number of rotatable bonds is 4. The predicted octanol–water partition coefficient (Wildman–Crippen LogP) is 1.33. The molecule has 0 radical (unpaired) electrons. The topological polar surface area (TPSA) is 74.4 Å². The normalized spacial score (nSPS) is 10.4. The molecule has 0 bridgehead atoms. The molecule has 0 aliphatic rings. The van der Waals surface area contributed by atoms with E-state index in [9.17, 15) is 13.6 Å². The first-order valence-electron chi connectivity index (χ1n) is 4.67. The number of methoxy groups -OCH3 is 2. The number of carbonyl (C=O) groups is 1. The summed E-state index contributed by atoms with van der Waals surface area (Å²) in [5.74, 6) is -0.549. The van der Waals surface area contributed by atoms with Crippen molar-refractivity contribution in [3.63, 3.8) is 0 Å². The van der Waals surface area contributed by atoms with Crippen LogP contribution >= 0.6 is 0 Å². The van der Waals surface area contributed by atoms with Crippen LogP contribution in [0.4, 0.5) is 14.5 Å². The molecular formula is C10H12F2N2O3. The Kier molecular flexibility index (Phi) is 4.19. The smallest absolute Gasteiger partial charge is 0.311 e. The van der Waals surface area contributed by atoms with Crippen LogP contribution in [-0.4, -0.2) is 25.2 Å². The van der Waals surface area contributed by atoms with Gasteiger partial charge >= 0.3 is 5.97 Å². The van der Waals surface area contributed by atoms with E-state index < -0.39 is 18.1 Å². The summed E-state index contributed by atoms with van der Waals surface area (Å²) in [4.78, 5) is 14.7. The van der Waals surface area contributed by atoms with Gasteiger partial charge in [0.05, 0.1) is 32.0 Å². The predicted molar refractivity (Wildman–Crippen MR) is 55.9 cm³/mol. The third-order valence-electron chi connectivity index (χ3n) is 2.10. The van der Waals surface area contributed by atoms with Gasteiger partial charge in [0.2, 0.25) is 0 Å². The number of ether oxygens (including phenoxy) is 2. The maximum atomic E-state index is 12.5. The van der Waals surface area contributed by atoms with Crippen molar-refractivity contribution in [2.45, 2.75) is 12.8 Å². The van der Waals surface area contributed by atoms with Crippen molar-refractivity contribution in [1.29, 1.82) is 0 Å². The number of hydrogen-bond donors (Lipinski definition) is 1. The lowest BCUT2D eigenvalue weighted by Crippen LogP contribution is -2.11. The number of anilines is 1. The standard InChI is InChI=1S/C10H12F2N2O3/c1-16-7-3-6(10(11)12)14-5(9(7)13)4-8(15)17-2/h3,10H,4,13H2,1-2H3. The zero-order chi connectivity index (χ0) is 13.0. The van der Waals surface area contributed by atoms with Crippen LogP contribution in [0.3, 0.4) is 0 Å². The molecule has 1 heterocycles. The summed E-state index contributed by atoms with van der Waals surface area (Å²) >= 11 is 0. The van der Waals surface area contributed by atoms with Gasteiger partial charge in [0, 0.05) is 6.07 Å². The molecule has 7 heteroatoms. The molecule has 94 valence electrons. The average molecular weight is 246 g/mol. The van der Waals surface area contributed by atoms with Gasteiger partial charge in [-0.2, -0.15) is 0 Å². The molecule has 17 heavy (non-hydrogen) atoms. The molecule has 0 atom stereocenters. The van der Waals surface area contributed by atoms with E-state index in [1.807, 2.05) is 0 Å². The van der Waals surface area contributed by atoms with Crippen LogP contribution in [0.25, 0.3) is 0 Å². The summed E-state index contributed by atoms with van der Waals surface area (Å²) in [6.07, 6.45) is -3.04. The Hall–Kier alpha value is -1.92. The molecule has 0 amide bonds. The highest BCUT2D eigenvalue weighted by Gasteiger charge is 2.18. The van der Waals surface area contributed by atoms with Crippen molar-refractivity contribution in [2.75, 3.05) is 20.0 Å². The zero-order valence-corrected chi connectivity index (χ0v) is 9.37. The molecule has 1 aromatic heterocycles. The summed E-state index contributed by atoms with van der Waals surface area (Å²) in [5, 5.41) is 0. The Morgan fingerprint density at radius 1 is 1.53 bits per heavy atom. The zero-order valence-electron chi connectivity index (χ0n) is 9.37. The Morgan fingerprint density at radius 3 is 2.65 bits per heavy atom. The number of halogens is 2. The highest BCUT2D eigenvalue weighted by atomic mass is 19.3. The second-order valence-electron chi connectivity index (χ2n) is 3.16. The van der Waals surface area contributed by atoms with Crippen LogP contribution in [0.2, 0.25) is 0 Å². The van der Waals surface area contributed by atoms with Gasteiger partial charge in [-0.05, 0) is 0 Å². The van der Waals surface area contributed by atoms with Gasteiger partial charge in [-0.25, -0.2) is 13.8 Å². The molecule has 0 unspecified atom stereocenters. The van der Waals surface area contributed by atoms with Gasteiger partial charge in [0.25, 0.3) is 6.43 Å². The van der Waals surface area contributed by atoms with Gasteiger partial charge in [-0.3, -0.25) is 4.79 Å². The number of esters is 1. The first-order valence-corrected chi connectivity index (χ1v) is 4.67. The summed E-state index contributed by atoms with van der Waals surface area (Å²) in [5.41, 5.74) is 5.21. The van der Waals surface area contributed by atoms with Crippen LogP contribution in [0, 0.1) is 0 Å². The van der Waals surface area contributed by atoms with E-state index in [4.69, 9.17) is 10.5 Å². The SMILES string of the molecule is COC(=O)Cc1nc(C(F)F)cc(OC)c1N. The lowest BCUT2D eigenvalue weighted by molar-refractivity contribution is -0.139. The van der Waals surface area contributed by atoms with Gasteiger partial charge in [-0.1, -0.05) is 0 Å². The maximum absolute atomic E-state index is 12.5. The van der Waals surface area contributed by atoms with Gasteiger partial charge in [-0.15, -0.1) is 0 Å². The van der Waals surface area contributed by atoms with Crippen LogP contribution in [-0.2, 0) is 16.0 Å². The summed E-state index contributed by atoms with van der Waals surface area (Å²) < 4.78 is 34.3. The third kappa shape index (κ3) is 3.02. The average Bonchev–Trinajstić information content (AvgIpc) is 2.31. The largest absolute Gasteiger partial charge is 0.494 e. The number of pyridine rings is 1. The molecule has 0 aliphatic carbocycles. The summed E-state index contributed by atoms with van der Waals surface area (Å²) in [6.45, 7) is 0. The van der Waals surface area contributed by atoms with Crippen LogP contribution in [0.5, 0.6) is 5.75 Å². The van der Waals surface area contributed by atoms with E-state index in [-0.39, 0.29) is 23.6 Å². The number of alkyl halides is 2. The molecular weight excluding hydrogens is 234 g/mol. The molecule has 1 aromatic rings. The maximum Gasteiger partial charge on any atom is 0.311 e. The first kappa shape index (κ1) is 13.1. The number of carbonyl (C=O) groups excluding carboxylic acids is 1. The quantitative estimate of drug-likeness (QED) is 0.811. The second-order valence-corrected chi connectivity index (χ2v) is 3.16. The molecule has 0 saturated carbocycles. The Balaban J connectivity index is 3.17. The monoisotopic (exact) mass is 246 g/mol. The van der Waals surface area contributed by atoms with Gasteiger partial charge < -0.3 is 15.2 Å². The molecule has 0 aromatic carbocycles. The Labute approximate surface area is 96.5 Å². The minimum Gasteiger partial charge on any atom is -0.494 e. The number of aromatic nitrogens is 1. The van der Waals surface area contributed by atoms with Crippen molar-refractivity contribution in [3.05, 3.63) is 17.5 Å². The fourth-order valence-electron chi connectivity index (χ4n) is 1.23. The highest BCUT2D eigenvalue weighted by Crippen LogP contribution is 2.29.